The Balaban J connectivity index is 1.97. The molecule has 0 saturated carbocycles. The van der Waals surface area contributed by atoms with Crippen molar-refractivity contribution in [2.75, 3.05) is 47.5 Å². The second kappa shape index (κ2) is 11.3. The van der Waals surface area contributed by atoms with Crippen LogP contribution in [0.2, 0.25) is 0 Å². The van der Waals surface area contributed by atoms with Gasteiger partial charge in [0.15, 0.2) is 18.1 Å². The highest BCUT2D eigenvalue weighted by Crippen LogP contribution is 2.38. The highest BCUT2D eigenvalue weighted by molar-refractivity contribution is 5.95. The largest absolute Gasteiger partial charge is 0.497 e. The van der Waals surface area contributed by atoms with Gasteiger partial charge in [-0.2, -0.15) is 0 Å². The van der Waals surface area contributed by atoms with Gasteiger partial charge in [0.2, 0.25) is 5.75 Å². The molecule has 9 heteroatoms. The van der Waals surface area contributed by atoms with Crippen LogP contribution in [0.4, 0.5) is 5.69 Å². The molecule has 0 heterocycles. The molecule has 0 aliphatic heterocycles. The number of esters is 1. The summed E-state index contributed by atoms with van der Waals surface area (Å²) in [5.74, 6) is 1.17. The Morgan fingerprint density at radius 3 is 1.87 bits per heavy atom. The van der Waals surface area contributed by atoms with E-state index in [0.717, 1.165) is 0 Å². The SMILES string of the molecule is COc1cc(NC(=O)COC(=O)C=Cc2cc(OC)c(OC)c(OC)c2)cc(OC)c1. The lowest BCUT2D eigenvalue weighted by Gasteiger charge is -2.12. The number of carbonyl (C=O) groups is 2. The lowest BCUT2D eigenvalue weighted by Crippen LogP contribution is -2.20. The van der Waals surface area contributed by atoms with E-state index < -0.39 is 18.5 Å². The van der Waals surface area contributed by atoms with E-state index in [1.54, 1.807) is 30.3 Å². The standard InChI is InChI=1S/C22H25NO8/c1-26-16-10-15(11-17(12-16)27-2)23-20(24)13-31-21(25)7-6-14-8-18(28-3)22(30-5)19(9-14)29-4/h6-12H,13H2,1-5H3,(H,23,24). The molecule has 0 saturated heterocycles. The highest BCUT2D eigenvalue weighted by Gasteiger charge is 2.13. The average molecular weight is 431 g/mol. The van der Waals surface area contributed by atoms with Crippen molar-refractivity contribution in [3.8, 4) is 28.7 Å². The summed E-state index contributed by atoms with van der Waals surface area (Å²) >= 11 is 0. The van der Waals surface area contributed by atoms with Gasteiger partial charge >= 0.3 is 5.97 Å². The number of nitrogens with one attached hydrogen (secondary N) is 1. The molecule has 0 unspecified atom stereocenters. The van der Waals surface area contributed by atoms with Crippen molar-refractivity contribution in [3.05, 3.63) is 42.0 Å². The molecule has 0 aliphatic carbocycles. The first-order chi connectivity index (χ1) is 14.9. The van der Waals surface area contributed by atoms with Crippen molar-refractivity contribution in [3.63, 3.8) is 0 Å². The van der Waals surface area contributed by atoms with Gasteiger partial charge in [-0.05, 0) is 23.8 Å². The first-order valence-electron chi connectivity index (χ1n) is 9.11. The van der Waals surface area contributed by atoms with Crippen molar-refractivity contribution in [1.29, 1.82) is 0 Å². The number of hydrogen-bond donors (Lipinski definition) is 1. The van der Waals surface area contributed by atoms with Gasteiger partial charge in [0, 0.05) is 30.0 Å². The Hall–Kier alpha value is -3.88. The van der Waals surface area contributed by atoms with Crippen molar-refractivity contribution in [1.82, 2.24) is 0 Å². The van der Waals surface area contributed by atoms with Crippen molar-refractivity contribution >= 4 is 23.6 Å². The molecule has 0 spiro atoms. The Morgan fingerprint density at radius 2 is 1.39 bits per heavy atom. The summed E-state index contributed by atoms with van der Waals surface area (Å²) in [6.07, 6.45) is 2.71. The molecule has 0 bridgehead atoms. The maximum Gasteiger partial charge on any atom is 0.331 e. The fourth-order valence-electron chi connectivity index (χ4n) is 2.62. The lowest BCUT2D eigenvalue weighted by atomic mass is 10.1. The summed E-state index contributed by atoms with van der Waals surface area (Å²) in [4.78, 5) is 24.1. The van der Waals surface area contributed by atoms with E-state index in [-0.39, 0.29) is 0 Å². The molecule has 0 aliphatic rings. The Bertz CT molecular complexity index is 907. The molecule has 2 aromatic carbocycles. The van der Waals surface area contributed by atoms with E-state index >= 15 is 0 Å². The smallest absolute Gasteiger partial charge is 0.331 e. The number of hydrogen-bond acceptors (Lipinski definition) is 8. The average Bonchev–Trinajstić information content (AvgIpc) is 2.80. The van der Waals surface area contributed by atoms with E-state index in [2.05, 4.69) is 5.32 Å². The summed E-state index contributed by atoms with van der Waals surface area (Å²) in [5.41, 5.74) is 1.07. The van der Waals surface area contributed by atoms with Crippen LogP contribution in [-0.4, -0.2) is 54.0 Å². The van der Waals surface area contributed by atoms with Crippen molar-refractivity contribution in [2.24, 2.45) is 0 Å². The maximum atomic E-state index is 12.1. The molecule has 0 fully saturated rings. The lowest BCUT2D eigenvalue weighted by molar-refractivity contribution is -0.142. The second-order valence-electron chi connectivity index (χ2n) is 6.05. The first kappa shape index (κ1) is 23.4. The predicted octanol–water partition coefficient (Wildman–Crippen LogP) is 2.92. The molecule has 9 nitrogen and oxygen atoms in total. The number of anilines is 1. The summed E-state index contributed by atoms with van der Waals surface area (Å²) in [6.45, 7) is -0.460. The van der Waals surface area contributed by atoms with E-state index in [0.29, 0.717) is 40.0 Å². The number of rotatable bonds is 10. The Morgan fingerprint density at radius 1 is 0.806 bits per heavy atom. The molecule has 0 radical (unpaired) electrons. The topological polar surface area (TPSA) is 102 Å². The second-order valence-corrected chi connectivity index (χ2v) is 6.05. The van der Waals surface area contributed by atoms with Crippen LogP contribution in [0.5, 0.6) is 28.7 Å². The van der Waals surface area contributed by atoms with Gasteiger partial charge in [-0.15, -0.1) is 0 Å². The van der Waals surface area contributed by atoms with Crippen LogP contribution >= 0.6 is 0 Å². The van der Waals surface area contributed by atoms with Crippen LogP contribution < -0.4 is 29.0 Å². The molecule has 31 heavy (non-hydrogen) atoms. The zero-order chi connectivity index (χ0) is 22.8. The summed E-state index contributed by atoms with van der Waals surface area (Å²) in [7, 11) is 7.50. The van der Waals surface area contributed by atoms with Crippen molar-refractivity contribution < 1.29 is 38.0 Å². The molecule has 0 aromatic heterocycles. The van der Waals surface area contributed by atoms with E-state index in [9.17, 15) is 9.59 Å². The number of amides is 1. The molecule has 0 atom stereocenters. The molecule has 1 amide bonds. The predicted molar refractivity (Wildman–Crippen MR) is 114 cm³/mol. The van der Waals surface area contributed by atoms with Crippen LogP contribution in [0, 0.1) is 0 Å². The van der Waals surface area contributed by atoms with E-state index in [1.807, 2.05) is 0 Å². The van der Waals surface area contributed by atoms with Gasteiger partial charge in [0.1, 0.15) is 11.5 Å². The van der Waals surface area contributed by atoms with Crippen LogP contribution in [0.25, 0.3) is 6.08 Å². The van der Waals surface area contributed by atoms with Gasteiger partial charge in [-0.25, -0.2) is 4.79 Å². The molecule has 2 aromatic rings. The van der Waals surface area contributed by atoms with Gasteiger partial charge in [0.05, 0.1) is 35.5 Å². The number of methoxy groups -OCH3 is 5. The molecule has 2 rings (SSSR count). The third-order valence-electron chi connectivity index (χ3n) is 4.08. The fourth-order valence-corrected chi connectivity index (χ4v) is 2.62. The Kier molecular flexibility index (Phi) is 8.56. The van der Waals surface area contributed by atoms with E-state index in [4.69, 9.17) is 28.4 Å². The fraction of sp³-hybridized carbons (Fsp3) is 0.273. The zero-order valence-corrected chi connectivity index (χ0v) is 18.0. The first-order valence-corrected chi connectivity index (χ1v) is 9.11. The van der Waals surface area contributed by atoms with Gasteiger partial charge in [-0.1, -0.05) is 0 Å². The van der Waals surface area contributed by atoms with Crippen LogP contribution in [0.1, 0.15) is 5.56 Å². The Labute approximate surface area is 180 Å². The third kappa shape index (κ3) is 6.56. The molecule has 166 valence electrons. The monoisotopic (exact) mass is 431 g/mol. The highest BCUT2D eigenvalue weighted by atomic mass is 16.5. The minimum Gasteiger partial charge on any atom is -0.497 e. The minimum absolute atomic E-state index is 0.440. The normalized spacial score (nSPS) is 10.4. The van der Waals surface area contributed by atoms with Gasteiger partial charge < -0.3 is 33.7 Å². The van der Waals surface area contributed by atoms with Crippen LogP contribution in [-0.2, 0) is 14.3 Å². The summed E-state index contributed by atoms with van der Waals surface area (Å²) in [5, 5.41) is 2.62. The van der Waals surface area contributed by atoms with Gasteiger partial charge in [-0.3, -0.25) is 4.79 Å². The maximum absolute atomic E-state index is 12.1. The van der Waals surface area contributed by atoms with Gasteiger partial charge in [0.25, 0.3) is 5.91 Å². The summed E-state index contributed by atoms with van der Waals surface area (Å²) < 4.78 is 31.1. The van der Waals surface area contributed by atoms with Crippen LogP contribution in [0.15, 0.2) is 36.4 Å². The summed E-state index contributed by atoms with van der Waals surface area (Å²) in [6, 6.07) is 8.25. The van der Waals surface area contributed by atoms with Crippen LogP contribution in [0.3, 0.4) is 0 Å². The van der Waals surface area contributed by atoms with Crippen molar-refractivity contribution in [2.45, 2.75) is 0 Å². The number of carbonyl (C=O) groups excluding carboxylic acids is 2. The quantitative estimate of drug-likeness (QED) is 0.453. The third-order valence-corrected chi connectivity index (χ3v) is 4.08. The molecular formula is C22H25NO8. The molecule has 1 N–H and O–H groups in total. The number of benzene rings is 2. The zero-order valence-electron chi connectivity index (χ0n) is 18.0. The molecular weight excluding hydrogens is 406 g/mol. The number of ether oxygens (including phenoxy) is 6. The minimum atomic E-state index is -0.688. The van der Waals surface area contributed by atoms with E-state index in [1.165, 1.54) is 47.7 Å².